The lowest BCUT2D eigenvalue weighted by molar-refractivity contribution is -0.136. The smallest absolute Gasteiger partial charge is 0.251 e. The highest BCUT2D eigenvalue weighted by Gasteiger charge is 2.33. The Labute approximate surface area is 171 Å². The van der Waals surface area contributed by atoms with Crippen LogP contribution in [0.25, 0.3) is 0 Å². The standard InChI is InChI=1S/C21H31N3O5/c1-28-14-6-11-22-21(27)19(23-20(26)17-7-4-3-5-8-17)16-9-12-24(13-10-16)18(25)15-29-2/h3-5,7-8,16,19H,6,9-15H2,1-2H3,(H,22,27)(H,23,26). The van der Waals surface area contributed by atoms with E-state index in [9.17, 15) is 14.4 Å². The topological polar surface area (TPSA) is 97.0 Å². The zero-order valence-electron chi connectivity index (χ0n) is 17.2. The molecule has 1 aromatic carbocycles. The molecule has 0 radical (unpaired) electrons. The molecule has 0 aliphatic carbocycles. The van der Waals surface area contributed by atoms with Gasteiger partial charge in [0.1, 0.15) is 12.6 Å². The maximum Gasteiger partial charge on any atom is 0.251 e. The molecule has 0 spiro atoms. The van der Waals surface area contributed by atoms with E-state index in [1.807, 2.05) is 6.07 Å². The van der Waals surface area contributed by atoms with Crippen molar-refractivity contribution in [1.82, 2.24) is 15.5 Å². The molecule has 1 fully saturated rings. The Balaban J connectivity index is 2.01. The van der Waals surface area contributed by atoms with E-state index >= 15 is 0 Å². The first-order valence-corrected chi connectivity index (χ1v) is 9.96. The predicted molar refractivity (Wildman–Crippen MR) is 108 cm³/mol. The van der Waals surface area contributed by atoms with Gasteiger partial charge in [0.25, 0.3) is 5.91 Å². The third-order valence-corrected chi connectivity index (χ3v) is 5.06. The zero-order valence-corrected chi connectivity index (χ0v) is 17.2. The van der Waals surface area contributed by atoms with Crippen LogP contribution in [-0.4, -0.2) is 75.7 Å². The van der Waals surface area contributed by atoms with Crippen molar-refractivity contribution in [3.05, 3.63) is 35.9 Å². The van der Waals surface area contributed by atoms with E-state index in [1.54, 1.807) is 36.3 Å². The molecule has 1 aromatic rings. The van der Waals surface area contributed by atoms with E-state index in [0.29, 0.717) is 51.1 Å². The van der Waals surface area contributed by atoms with Crippen LogP contribution in [0.1, 0.15) is 29.6 Å². The van der Waals surface area contributed by atoms with Crippen LogP contribution in [0.2, 0.25) is 0 Å². The summed E-state index contributed by atoms with van der Waals surface area (Å²) in [4.78, 5) is 39.2. The maximum atomic E-state index is 12.8. The van der Waals surface area contributed by atoms with Gasteiger partial charge in [0, 0.05) is 46.0 Å². The van der Waals surface area contributed by atoms with Gasteiger partial charge in [-0.15, -0.1) is 0 Å². The van der Waals surface area contributed by atoms with Crippen LogP contribution in [0.15, 0.2) is 30.3 Å². The fourth-order valence-corrected chi connectivity index (χ4v) is 3.45. The van der Waals surface area contributed by atoms with Gasteiger partial charge < -0.3 is 25.0 Å². The van der Waals surface area contributed by atoms with Crippen molar-refractivity contribution in [3.8, 4) is 0 Å². The van der Waals surface area contributed by atoms with Crippen LogP contribution in [-0.2, 0) is 19.1 Å². The SMILES string of the molecule is COCCCNC(=O)C(NC(=O)c1ccccc1)C1CCN(C(=O)COC)CC1. The third-order valence-electron chi connectivity index (χ3n) is 5.06. The zero-order chi connectivity index (χ0) is 21.1. The van der Waals surface area contributed by atoms with Gasteiger partial charge in [0.05, 0.1) is 0 Å². The Hall–Kier alpha value is -2.45. The van der Waals surface area contributed by atoms with Crippen LogP contribution < -0.4 is 10.6 Å². The molecule has 29 heavy (non-hydrogen) atoms. The van der Waals surface area contributed by atoms with Crippen LogP contribution in [0.5, 0.6) is 0 Å². The number of methoxy groups -OCH3 is 2. The largest absolute Gasteiger partial charge is 0.385 e. The fraction of sp³-hybridized carbons (Fsp3) is 0.571. The summed E-state index contributed by atoms with van der Waals surface area (Å²) in [5, 5.41) is 5.79. The molecule has 1 aliphatic heterocycles. The minimum atomic E-state index is -0.648. The van der Waals surface area contributed by atoms with Gasteiger partial charge in [-0.05, 0) is 37.3 Å². The van der Waals surface area contributed by atoms with Crippen molar-refractivity contribution in [1.29, 1.82) is 0 Å². The Morgan fingerprint density at radius 2 is 1.79 bits per heavy atom. The normalized spacial score (nSPS) is 15.6. The molecule has 2 N–H and O–H groups in total. The van der Waals surface area contributed by atoms with E-state index in [0.717, 1.165) is 0 Å². The molecule has 2 rings (SSSR count). The van der Waals surface area contributed by atoms with Gasteiger partial charge in [-0.1, -0.05) is 18.2 Å². The first-order valence-electron chi connectivity index (χ1n) is 9.96. The number of amides is 3. The lowest BCUT2D eigenvalue weighted by Crippen LogP contribution is -2.54. The van der Waals surface area contributed by atoms with E-state index in [1.165, 1.54) is 7.11 Å². The molecule has 1 atom stereocenters. The van der Waals surface area contributed by atoms with Crippen LogP contribution in [0.4, 0.5) is 0 Å². The molecule has 8 heteroatoms. The average molecular weight is 405 g/mol. The number of nitrogens with zero attached hydrogens (tertiary/aromatic N) is 1. The van der Waals surface area contributed by atoms with Crippen molar-refractivity contribution >= 4 is 17.7 Å². The minimum absolute atomic E-state index is 0.0447. The lowest BCUT2D eigenvalue weighted by atomic mass is 9.88. The number of hydrogen-bond donors (Lipinski definition) is 2. The summed E-state index contributed by atoms with van der Waals surface area (Å²) in [7, 11) is 3.11. The molecule has 0 bridgehead atoms. The highest BCUT2D eigenvalue weighted by atomic mass is 16.5. The molecule has 1 unspecified atom stereocenters. The number of hydrogen-bond acceptors (Lipinski definition) is 5. The second-order valence-electron chi connectivity index (χ2n) is 7.11. The van der Waals surface area contributed by atoms with E-state index < -0.39 is 6.04 Å². The molecular formula is C21H31N3O5. The first kappa shape index (κ1) is 22.8. The maximum absolute atomic E-state index is 12.8. The number of likely N-dealkylation sites (tertiary alicyclic amines) is 1. The molecule has 0 aromatic heterocycles. The van der Waals surface area contributed by atoms with Crippen molar-refractivity contribution in [2.75, 3.05) is 47.1 Å². The fourth-order valence-electron chi connectivity index (χ4n) is 3.45. The van der Waals surface area contributed by atoms with Gasteiger partial charge in [-0.3, -0.25) is 14.4 Å². The number of ether oxygens (including phenoxy) is 2. The number of piperidine rings is 1. The Kier molecular flexibility index (Phi) is 9.59. The van der Waals surface area contributed by atoms with Crippen LogP contribution in [0, 0.1) is 5.92 Å². The van der Waals surface area contributed by atoms with Gasteiger partial charge in [0.2, 0.25) is 11.8 Å². The molecular weight excluding hydrogens is 374 g/mol. The van der Waals surface area contributed by atoms with Crippen molar-refractivity contribution in [2.24, 2.45) is 5.92 Å². The minimum Gasteiger partial charge on any atom is -0.385 e. The van der Waals surface area contributed by atoms with Gasteiger partial charge in [0.15, 0.2) is 0 Å². The van der Waals surface area contributed by atoms with Crippen LogP contribution in [0.3, 0.4) is 0 Å². The second-order valence-corrected chi connectivity index (χ2v) is 7.11. The second kappa shape index (κ2) is 12.2. The summed E-state index contributed by atoms with van der Waals surface area (Å²) in [6, 6.07) is 8.20. The Morgan fingerprint density at radius 3 is 2.41 bits per heavy atom. The first-order chi connectivity index (χ1) is 14.1. The third kappa shape index (κ3) is 7.14. The summed E-state index contributed by atoms with van der Waals surface area (Å²) in [6.45, 7) is 2.18. The number of nitrogens with one attached hydrogen (secondary N) is 2. The molecule has 1 heterocycles. The number of carbonyl (C=O) groups is 3. The Bertz CT molecular complexity index is 660. The highest BCUT2D eigenvalue weighted by Crippen LogP contribution is 2.22. The predicted octanol–water partition coefficient (Wildman–Crippen LogP) is 0.823. The summed E-state index contributed by atoms with van der Waals surface area (Å²) in [5.74, 6) is -0.580. The van der Waals surface area contributed by atoms with Crippen molar-refractivity contribution in [2.45, 2.75) is 25.3 Å². The monoisotopic (exact) mass is 405 g/mol. The van der Waals surface area contributed by atoms with Gasteiger partial charge in [-0.25, -0.2) is 0 Å². The molecule has 0 saturated carbocycles. The summed E-state index contributed by atoms with van der Waals surface area (Å²) in [5.41, 5.74) is 0.511. The summed E-state index contributed by atoms with van der Waals surface area (Å²) in [6.07, 6.45) is 1.98. The van der Waals surface area contributed by atoms with Gasteiger partial charge >= 0.3 is 0 Å². The molecule has 3 amide bonds. The van der Waals surface area contributed by atoms with Crippen LogP contribution >= 0.6 is 0 Å². The van der Waals surface area contributed by atoms with Gasteiger partial charge in [-0.2, -0.15) is 0 Å². The van der Waals surface area contributed by atoms with E-state index in [2.05, 4.69) is 10.6 Å². The molecule has 8 nitrogen and oxygen atoms in total. The quantitative estimate of drug-likeness (QED) is 0.562. The highest BCUT2D eigenvalue weighted by molar-refractivity contribution is 5.97. The van der Waals surface area contributed by atoms with Crippen molar-refractivity contribution < 1.29 is 23.9 Å². The summed E-state index contributed by atoms with van der Waals surface area (Å²) >= 11 is 0. The lowest BCUT2D eigenvalue weighted by Gasteiger charge is -2.35. The number of carbonyl (C=O) groups excluding carboxylic acids is 3. The molecule has 1 aliphatic rings. The number of benzene rings is 1. The average Bonchev–Trinajstić information content (AvgIpc) is 2.75. The van der Waals surface area contributed by atoms with E-state index in [-0.39, 0.29) is 30.2 Å². The number of rotatable bonds is 10. The molecule has 1 saturated heterocycles. The van der Waals surface area contributed by atoms with Crippen molar-refractivity contribution in [3.63, 3.8) is 0 Å². The Morgan fingerprint density at radius 1 is 1.10 bits per heavy atom. The van der Waals surface area contributed by atoms with E-state index in [4.69, 9.17) is 9.47 Å². The summed E-state index contributed by atoms with van der Waals surface area (Å²) < 4.78 is 9.92. The molecule has 160 valence electrons.